The summed E-state index contributed by atoms with van der Waals surface area (Å²) in [6, 6.07) is 0. The molecule has 0 aromatic heterocycles. The van der Waals surface area contributed by atoms with Crippen LogP contribution >= 0.6 is 0 Å². The summed E-state index contributed by atoms with van der Waals surface area (Å²) in [7, 11) is 2.97. The second-order valence-corrected chi connectivity index (χ2v) is 3.10. The van der Waals surface area contributed by atoms with Crippen molar-refractivity contribution in [2.75, 3.05) is 14.2 Å². The van der Waals surface area contributed by atoms with Crippen molar-refractivity contribution in [3.05, 3.63) is 0 Å². The number of methoxy groups -OCH3 is 1. The van der Waals surface area contributed by atoms with Gasteiger partial charge in [0.05, 0.1) is 7.11 Å². The molecule has 0 radical (unpaired) electrons. The summed E-state index contributed by atoms with van der Waals surface area (Å²) in [5.41, 5.74) is -0.638. The molecule has 1 aliphatic carbocycles. The minimum atomic E-state index is -0.638. The fourth-order valence-corrected chi connectivity index (χ4v) is 1.29. The van der Waals surface area contributed by atoms with Gasteiger partial charge in [0.25, 0.3) is 0 Å². The van der Waals surface area contributed by atoms with E-state index in [2.05, 4.69) is 4.74 Å². The first kappa shape index (κ1) is 9.03. The molecule has 0 aromatic rings. The van der Waals surface area contributed by atoms with Crippen LogP contribution in [0.3, 0.4) is 0 Å². The lowest BCUT2D eigenvalue weighted by atomic mass is 10.2. The van der Waals surface area contributed by atoms with Crippen molar-refractivity contribution in [3.8, 4) is 0 Å². The van der Waals surface area contributed by atoms with E-state index in [4.69, 9.17) is 0 Å². The second kappa shape index (κ2) is 2.77. The molecule has 0 atom stereocenters. The maximum atomic E-state index is 11.2. The molecule has 0 unspecified atom stereocenters. The fourth-order valence-electron chi connectivity index (χ4n) is 1.29. The van der Waals surface area contributed by atoms with Crippen LogP contribution in [-0.4, -0.2) is 36.5 Å². The highest BCUT2D eigenvalue weighted by Crippen LogP contribution is 2.41. The Balaban J connectivity index is 2.72. The highest BCUT2D eigenvalue weighted by molar-refractivity contribution is 5.89. The second-order valence-electron chi connectivity index (χ2n) is 3.10. The van der Waals surface area contributed by atoms with Gasteiger partial charge in [-0.15, -0.1) is 0 Å². The first-order valence-electron chi connectivity index (χ1n) is 3.87. The van der Waals surface area contributed by atoms with E-state index in [9.17, 15) is 9.59 Å². The Labute approximate surface area is 71.5 Å². The first-order valence-corrected chi connectivity index (χ1v) is 3.87. The lowest BCUT2D eigenvalue weighted by Gasteiger charge is -2.24. The van der Waals surface area contributed by atoms with Gasteiger partial charge in [0.15, 0.2) is 0 Å². The van der Waals surface area contributed by atoms with Crippen molar-refractivity contribution >= 4 is 11.9 Å². The van der Waals surface area contributed by atoms with Crippen LogP contribution in [0, 0.1) is 0 Å². The van der Waals surface area contributed by atoms with Crippen LogP contribution in [-0.2, 0) is 14.3 Å². The average Bonchev–Trinajstić information content (AvgIpc) is 2.82. The number of hydrogen-bond donors (Lipinski definition) is 0. The topological polar surface area (TPSA) is 46.6 Å². The van der Waals surface area contributed by atoms with Gasteiger partial charge in [-0.3, -0.25) is 4.79 Å². The van der Waals surface area contributed by atoms with Crippen LogP contribution in [0.15, 0.2) is 0 Å². The lowest BCUT2D eigenvalue weighted by Crippen LogP contribution is -2.44. The summed E-state index contributed by atoms with van der Waals surface area (Å²) in [5, 5.41) is 0. The highest BCUT2D eigenvalue weighted by atomic mass is 16.5. The maximum Gasteiger partial charge on any atom is 0.331 e. The molecule has 1 fully saturated rings. The molecule has 1 saturated carbocycles. The average molecular weight is 171 g/mol. The van der Waals surface area contributed by atoms with E-state index in [1.165, 1.54) is 18.9 Å². The molecule has 1 aliphatic rings. The summed E-state index contributed by atoms with van der Waals surface area (Å²) in [6.45, 7) is 1.45. The summed E-state index contributed by atoms with van der Waals surface area (Å²) < 4.78 is 4.62. The number of esters is 1. The van der Waals surface area contributed by atoms with Crippen LogP contribution in [0.25, 0.3) is 0 Å². The number of carbonyl (C=O) groups excluding carboxylic acids is 2. The molecule has 0 aromatic carbocycles. The standard InChI is InChI=1S/C8H13NO3/c1-6(10)9(2)8(4-5-8)7(11)12-3/h4-5H2,1-3H3. The number of hydrogen-bond acceptors (Lipinski definition) is 3. The molecule has 0 spiro atoms. The van der Waals surface area contributed by atoms with Crippen LogP contribution < -0.4 is 0 Å². The molecule has 4 heteroatoms. The molecule has 0 N–H and O–H groups in total. The molecule has 0 aliphatic heterocycles. The first-order chi connectivity index (χ1) is 5.54. The van der Waals surface area contributed by atoms with Crippen molar-refractivity contribution in [2.45, 2.75) is 25.3 Å². The van der Waals surface area contributed by atoms with E-state index < -0.39 is 5.54 Å². The number of nitrogens with zero attached hydrogens (tertiary/aromatic N) is 1. The number of likely N-dealkylation sites (N-methyl/N-ethyl adjacent to an activating group) is 1. The van der Waals surface area contributed by atoms with Gasteiger partial charge in [0, 0.05) is 14.0 Å². The Morgan fingerprint density at radius 2 is 1.92 bits per heavy atom. The monoisotopic (exact) mass is 171 g/mol. The van der Waals surface area contributed by atoms with Crippen LogP contribution in [0.5, 0.6) is 0 Å². The Morgan fingerprint density at radius 1 is 1.42 bits per heavy atom. The van der Waals surface area contributed by atoms with E-state index in [-0.39, 0.29) is 11.9 Å². The van der Waals surface area contributed by atoms with Gasteiger partial charge < -0.3 is 9.64 Å². The van der Waals surface area contributed by atoms with Crippen molar-refractivity contribution in [1.29, 1.82) is 0 Å². The zero-order chi connectivity index (χ0) is 9.35. The van der Waals surface area contributed by atoms with Crippen LogP contribution in [0.1, 0.15) is 19.8 Å². The lowest BCUT2D eigenvalue weighted by molar-refractivity contribution is -0.153. The molecule has 0 bridgehead atoms. The van der Waals surface area contributed by atoms with Crippen molar-refractivity contribution in [3.63, 3.8) is 0 Å². The van der Waals surface area contributed by atoms with Crippen LogP contribution in [0.2, 0.25) is 0 Å². The van der Waals surface area contributed by atoms with E-state index >= 15 is 0 Å². The Bertz CT molecular complexity index is 220. The molecule has 1 amide bonds. The van der Waals surface area contributed by atoms with E-state index in [1.807, 2.05) is 0 Å². The SMILES string of the molecule is COC(=O)C1(N(C)C(C)=O)CC1. The minimum absolute atomic E-state index is 0.0992. The zero-order valence-corrected chi connectivity index (χ0v) is 7.59. The number of amides is 1. The summed E-state index contributed by atoms with van der Waals surface area (Å²) in [6.07, 6.45) is 1.44. The third-order valence-corrected chi connectivity index (χ3v) is 2.40. The largest absolute Gasteiger partial charge is 0.467 e. The normalized spacial score (nSPS) is 18.2. The van der Waals surface area contributed by atoms with Crippen molar-refractivity contribution in [1.82, 2.24) is 4.90 Å². The van der Waals surface area contributed by atoms with E-state index in [0.29, 0.717) is 0 Å². The molecular formula is C8H13NO3. The van der Waals surface area contributed by atoms with Gasteiger partial charge >= 0.3 is 5.97 Å². The third kappa shape index (κ3) is 1.17. The Morgan fingerprint density at radius 3 is 2.17 bits per heavy atom. The van der Waals surface area contributed by atoms with Gasteiger partial charge in [0.1, 0.15) is 5.54 Å². The molecule has 68 valence electrons. The summed E-state index contributed by atoms with van der Waals surface area (Å²) in [5.74, 6) is -0.405. The smallest absolute Gasteiger partial charge is 0.331 e. The summed E-state index contributed by atoms with van der Waals surface area (Å²) >= 11 is 0. The van der Waals surface area contributed by atoms with E-state index in [1.54, 1.807) is 7.05 Å². The van der Waals surface area contributed by atoms with Crippen LogP contribution in [0.4, 0.5) is 0 Å². The number of ether oxygens (including phenoxy) is 1. The van der Waals surface area contributed by atoms with Crippen molar-refractivity contribution in [2.24, 2.45) is 0 Å². The predicted octanol–water partition coefficient (Wildman–Crippen LogP) is 0.170. The summed E-state index contributed by atoms with van der Waals surface area (Å²) in [4.78, 5) is 23.7. The number of carbonyl (C=O) groups is 2. The zero-order valence-electron chi connectivity index (χ0n) is 7.59. The van der Waals surface area contributed by atoms with Crippen molar-refractivity contribution < 1.29 is 14.3 Å². The molecule has 12 heavy (non-hydrogen) atoms. The minimum Gasteiger partial charge on any atom is -0.467 e. The molecule has 1 rings (SSSR count). The predicted molar refractivity (Wildman–Crippen MR) is 42.4 cm³/mol. The number of rotatable bonds is 2. The third-order valence-electron chi connectivity index (χ3n) is 2.40. The quantitative estimate of drug-likeness (QED) is 0.556. The fraction of sp³-hybridized carbons (Fsp3) is 0.750. The van der Waals surface area contributed by atoms with Gasteiger partial charge in [0.2, 0.25) is 5.91 Å². The van der Waals surface area contributed by atoms with Gasteiger partial charge in [-0.25, -0.2) is 4.79 Å². The van der Waals surface area contributed by atoms with Gasteiger partial charge in [-0.1, -0.05) is 0 Å². The molecule has 0 heterocycles. The molecular weight excluding hydrogens is 158 g/mol. The van der Waals surface area contributed by atoms with Gasteiger partial charge in [-0.05, 0) is 12.8 Å². The van der Waals surface area contributed by atoms with Gasteiger partial charge in [-0.2, -0.15) is 0 Å². The highest BCUT2D eigenvalue weighted by Gasteiger charge is 2.55. The van der Waals surface area contributed by atoms with E-state index in [0.717, 1.165) is 12.8 Å². The Kier molecular flexibility index (Phi) is 2.08. The molecule has 0 saturated heterocycles. The Hall–Kier alpha value is -1.06. The molecule has 4 nitrogen and oxygen atoms in total. The maximum absolute atomic E-state index is 11.2.